The van der Waals surface area contributed by atoms with E-state index in [0.29, 0.717) is 81.6 Å². The molecule has 0 spiro atoms. The standard InChI is InChI=1S/C29H35F3N6O3/c30-20-9-10-36(17-20)18-21(39)15-19-5-7-22(8-6-19)41-26-16-25(34-29(35-26)37-11-13-40-14-12-37)38-24-4-2-1-3-23(24)33-28(38)27(31)32/h1-4,16,19-20,22,27H,5-15,17-18H2/t19?,20-,22?/m1/s1. The zero-order valence-electron chi connectivity index (χ0n) is 22.9. The maximum atomic E-state index is 14.1. The third-order valence-corrected chi connectivity index (χ3v) is 8.19. The summed E-state index contributed by atoms with van der Waals surface area (Å²) in [6.45, 7) is 3.54. The van der Waals surface area contributed by atoms with Crippen LogP contribution in [0.2, 0.25) is 0 Å². The summed E-state index contributed by atoms with van der Waals surface area (Å²) < 4.78 is 54.9. The molecule has 0 unspecified atom stereocenters. The number of para-hydroxylation sites is 2. The van der Waals surface area contributed by atoms with Crippen LogP contribution in [0.25, 0.3) is 16.9 Å². The van der Waals surface area contributed by atoms with E-state index in [9.17, 15) is 18.0 Å². The summed E-state index contributed by atoms with van der Waals surface area (Å²) in [5, 5.41) is 0. The van der Waals surface area contributed by atoms with Gasteiger partial charge in [-0.2, -0.15) is 9.97 Å². The molecular formula is C29H35F3N6O3. The van der Waals surface area contributed by atoms with Crippen LogP contribution < -0.4 is 9.64 Å². The molecule has 2 aliphatic heterocycles. The van der Waals surface area contributed by atoms with Gasteiger partial charge in [0.05, 0.1) is 30.8 Å². The predicted molar refractivity (Wildman–Crippen MR) is 147 cm³/mol. The lowest BCUT2D eigenvalue weighted by Crippen LogP contribution is -2.37. The Morgan fingerprint density at radius 1 is 1.02 bits per heavy atom. The minimum Gasteiger partial charge on any atom is -0.474 e. The van der Waals surface area contributed by atoms with E-state index >= 15 is 0 Å². The van der Waals surface area contributed by atoms with Crippen molar-refractivity contribution in [1.82, 2.24) is 24.4 Å². The molecule has 1 aromatic carbocycles. The number of likely N-dealkylation sites (tertiary alicyclic amines) is 1. The Labute approximate surface area is 236 Å². The SMILES string of the molecule is O=C(CC1CCC(Oc2cc(-n3c(C(F)F)nc4ccccc43)nc(N3CCOCC3)n2)CC1)CN1CC[C@@H](F)C1. The number of ketones is 1. The van der Waals surface area contributed by atoms with Crippen LogP contribution >= 0.6 is 0 Å². The normalized spacial score (nSPS) is 23.9. The monoisotopic (exact) mass is 572 g/mol. The van der Waals surface area contributed by atoms with Gasteiger partial charge in [0.25, 0.3) is 6.43 Å². The smallest absolute Gasteiger partial charge is 0.296 e. The summed E-state index contributed by atoms with van der Waals surface area (Å²) in [7, 11) is 0. The number of ether oxygens (including phenoxy) is 2. The van der Waals surface area contributed by atoms with Crippen molar-refractivity contribution in [3.05, 3.63) is 36.2 Å². The third-order valence-electron chi connectivity index (χ3n) is 8.19. The molecule has 2 saturated heterocycles. The number of imidazole rings is 1. The molecule has 3 fully saturated rings. The molecule has 9 nitrogen and oxygen atoms in total. The molecule has 1 saturated carbocycles. The number of fused-ring (bicyclic) bond motifs is 1. The van der Waals surface area contributed by atoms with Crippen molar-refractivity contribution in [2.24, 2.45) is 5.92 Å². The first-order valence-corrected chi connectivity index (χ1v) is 14.5. The molecule has 6 rings (SSSR count). The lowest BCUT2D eigenvalue weighted by Gasteiger charge is -2.30. The number of rotatable bonds is 9. The third kappa shape index (κ3) is 6.48. The molecule has 3 aliphatic rings. The number of carbonyl (C=O) groups excluding carboxylic acids is 1. The number of morpholine rings is 1. The number of nitrogens with zero attached hydrogens (tertiary/aromatic N) is 6. The maximum absolute atomic E-state index is 14.1. The number of halogens is 3. The second-order valence-corrected chi connectivity index (χ2v) is 11.2. The Balaban J connectivity index is 1.18. The molecule has 3 aromatic rings. The maximum Gasteiger partial charge on any atom is 0.296 e. The summed E-state index contributed by atoms with van der Waals surface area (Å²) in [4.78, 5) is 30.0. The fourth-order valence-electron chi connectivity index (χ4n) is 6.10. The number of hydrogen-bond acceptors (Lipinski definition) is 8. The van der Waals surface area contributed by atoms with Gasteiger partial charge in [0, 0.05) is 38.7 Å². The first-order chi connectivity index (χ1) is 19.9. The van der Waals surface area contributed by atoms with E-state index in [1.165, 1.54) is 4.57 Å². The highest BCUT2D eigenvalue weighted by molar-refractivity contribution is 5.80. The number of Topliss-reactive ketones (excluding diaryl/α,β-unsaturated/α-hetero) is 1. The first kappa shape index (κ1) is 27.9. The molecule has 1 aliphatic carbocycles. The van der Waals surface area contributed by atoms with Gasteiger partial charge in [-0.3, -0.25) is 14.3 Å². The summed E-state index contributed by atoms with van der Waals surface area (Å²) in [6.07, 6.45) is 0.494. The van der Waals surface area contributed by atoms with E-state index in [2.05, 4.69) is 15.0 Å². The molecule has 41 heavy (non-hydrogen) atoms. The van der Waals surface area contributed by atoms with Gasteiger partial charge in [0.15, 0.2) is 5.82 Å². The van der Waals surface area contributed by atoms with Gasteiger partial charge in [-0.1, -0.05) is 12.1 Å². The Hall–Kier alpha value is -3.25. The van der Waals surface area contributed by atoms with Crippen molar-refractivity contribution in [2.75, 3.05) is 50.8 Å². The second kappa shape index (κ2) is 12.3. The van der Waals surface area contributed by atoms with Crippen LogP contribution in [0.15, 0.2) is 30.3 Å². The molecule has 2 aromatic heterocycles. The van der Waals surface area contributed by atoms with Crippen LogP contribution in [0.3, 0.4) is 0 Å². The van der Waals surface area contributed by atoms with Gasteiger partial charge in [-0.25, -0.2) is 18.2 Å². The number of hydrogen-bond donors (Lipinski definition) is 0. The number of carbonyl (C=O) groups is 1. The fraction of sp³-hybridized carbons (Fsp3) is 0.586. The van der Waals surface area contributed by atoms with Crippen LogP contribution in [0, 0.1) is 5.92 Å². The summed E-state index contributed by atoms with van der Waals surface area (Å²) in [5.74, 6) is 1.06. The average molecular weight is 573 g/mol. The molecule has 220 valence electrons. The van der Waals surface area contributed by atoms with Crippen molar-refractivity contribution in [2.45, 2.75) is 57.2 Å². The van der Waals surface area contributed by atoms with E-state index in [4.69, 9.17) is 9.47 Å². The number of alkyl halides is 3. The highest BCUT2D eigenvalue weighted by Crippen LogP contribution is 2.33. The van der Waals surface area contributed by atoms with Crippen LogP contribution in [-0.4, -0.2) is 88.4 Å². The van der Waals surface area contributed by atoms with E-state index in [-0.39, 0.29) is 29.4 Å². The minimum atomic E-state index is -2.80. The molecule has 0 amide bonds. The Morgan fingerprint density at radius 2 is 1.80 bits per heavy atom. The lowest BCUT2D eigenvalue weighted by molar-refractivity contribution is -0.121. The van der Waals surface area contributed by atoms with Gasteiger partial charge >= 0.3 is 0 Å². The molecule has 12 heteroatoms. The van der Waals surface area contributed by atoms with Crippen molar-refractivity contribution in [3.8, 4) is 11.7 Å². The van der Waals surface area contributed by atoms with Crippen molar-refractivity contribution < 1.29 is 27.4 Å². The summed E-state index contributed by atoms with van der Waals surface area (Å²) in [5.41, 5.74) is 0.987. The molecule has 0 radical (unpaired) electrons. The lowest BCUT2D eigenvalue weighted by atomic mass is 9.84. The van der Waals surface area contributed by atoms with Gasteiger partial charge in [-0.15, -0.1) is 0 Å². The quantitative estimate of drug-likeness (QED) is 0.370. The van der Waals surface area contributed by atoms with Crippen molar-refractivity contribution in [3.63, 3.8) is 0 Å². The summed E-state index contributed by atoms with van der Waals surface area (Å²) in [6, 6.07) is 8.59. The summed E-state index contributed by atoms with van der Waals surface area (Å²) >= 11 is 0. The highest BCUT2D eigenvalue weighted by Gasteiger charge is 2.29. The Morgan fingerprint density at radius 3 is 2.54 bits per heavy atom. The largest absolute Gasteiger partial charge is 0.474 e. The highest BCUT2D eigenvalue weighted by atomic mass is 19.3. The minimum absolute atomic E-state index is 0.110. The molecule has 0 N–H and O–H groups in total. The van der Waals surface area contributed by atoms with Crippen LogP contribution in [0.1, 0.15) is 50.8 Å². The zero-order chi connectivity index (χ0) is 28.3. The molecular weight excluding hydrogens is 537 g/mol. The Bertz CT molecular complexity index is 1360. The molecule has 0 bridgehead atoms. The average Bonchev–Trinajstić information content (AvgIpc) is 3.57. The number of benzene rings is 1. The number of anilines is 1. The van der Waals surface area contributed by atoms with E-state index in [1.54, 1.807) is 30.3 Å². The second-order valence-electron chi connectivity index (χ2n) is 11.2. The fourth-order valence-corrected chi connectivity index (χ4v) is 6.10. The molecule has 1 atom stereocenters. The topological polar surface area (TPSA) is 85.6 Å². The molecule has 4 heterocycles. The van der Waals surface area contributed by atoms with Crippen LogP contribution in [-0.2, 0) is 9.53 Å². The van der Waals surface area contributed by atoms with Crippen LogP contribution in [0.5, 0.6) is 5.88 Å². The zero-order valence-corrected chi connectivity index (χ0v) is 22.9. The van der Waals surface area contributed by atoms with E-state index < -0.39 is 12.6 Å². The van der Waals surface area contributed by atoms with Crippen LogP contribution in [0.4, 0.5) is 19.1 Å². The van der Waals surface area contributed by atoms with Gasteiger partial charge < -0.3 is 14.4 Å². The van der Waals surface area contributed by atoms with E-state index in [0.717, 1.165) is 25.7 Å². The van der Waals surface area contributed by atoms with Gasteiger partial charge in [0.2, 0.25) is 11.8 Å². The number of aromatic nitrogens is 4. The van der Waals surface area contributed by atoms with E-state index in [1.807, 2.05) is 9.80 Å². The van der Waals surface area contributed by atoms with Gasteiger partial charge in [-0.05, 0) is 50.2 Å². The Kier molecular flexibility index (Phi) is 8.38. The first-order valence-electron chi connectivity index (χ1n) is 14.5. The van der Waals surface area contributed by atoms with Gasteiger partial charge in [0.1, 0.15) is 23.9 Å². The predicted octanol–water partition coefficient (Wildman–Crippen LogP) is 4.53. The van der Waals surface area contributed by atoms with Crippen molar-refractivity contribution in [1.29, 1.82) is 0 Å². The van der Waals surface area contributed by atoms with Crippen molar-refractivity contribution >= 4 is 22.8 Å².